The van der Waals surface area contributed by atoms with Crippen LogP contribution in [0.4, 0.5) is 10.1 Å². The lowest BCUT2D eigenvalue weighted by molar-refractivity contribution is 0.0307. The van der Waals surface area contributed by atoms with Gasteiger partial charge in [0.25, 0.3) is 5.91 Å². The summed E-state index contributed by atoms with van der Waals surface area (Å²) < 4.78 is 19.0. The van der Waals surface area contributed by atoms with Gasteiger partial charge in [-0.05, 0) is 23.6 Å². The number of β-amino-alcohol motifs (C(OH)–C–C–N with tert-alkyl or cyclic N) is 1. The molecule has 3 aromatic carbocycles. The molecule has 0 aromatic heterocycles. The Morgan fingerprint density at radius 3 is 2.62 bits per heavy atom. The van der Waals surface area contributed by atoms with Crippen molar-refractivity contribution in [1.82, 2.24) is 0 Å². The number of nitrogens with zero attached hydrogens (tertiary/aromatic N) is 1. The van der Waals surface area contributed by atoms with E-state index in [1.807, 2.05) is 30.3 Å². The zero-order chi connectivity index (χ0) is 18.1. The third-order valence-electron chi connectivity index (χ3n) is 4.57. The van der Waals surface area contributed by atoms with Crippen LogP contribution < -0.4 is 4.90 Å². The average molecular weight is 351 g/mol. The SMILES string of the molecule is O=C1c2cccc3cccc(c23)N1CC(O)COCc1ccccc1F. The Balaban J connectivity index is 1.43. The molecule has 0 bridgehead atoms. The van der Waals surface area contributed by atoms with Crippen molar-refractivity contribution in [2.24, 2.45) is 0 Å². The molecular weight excluding hydrogens is 333 g/mol. The Bertz CT molecular complexity index is 967. The first-order chi connectivity index (χ1) is 12.6. The molecule has 0 radical (unpaired) electrons. The third kappa shape index (κ3) is 2.96. The van der Waals surface area contributed by atoms with Gasteiger partial charge in [0.1, 0.15) is 5.82 Å². The van der Waals surface area contributed by atoms with Crippen molar-refractivity contribution in [2.45, 2.75) is 12.7 Å². The van der Waals surface area contributed by atoms with Gasteiger partial charge in [0.15, 0.2) is 0 Å². The molecule has 1 amide bonds. The zero-order valence-corrected chi connectivity index (χ0v) is 14.1. The van der Waals surface area contributed by atoms with Gasteiger partial charge in [-0.3, -0.25) is 4.79 Å². The second kappa shape index (κ2) is 6.86. The number of rotatable bonds is 6. The molecule has 1 heterocycles. The molecule has 1 N–H and O–H groups in total. The number of hydrogen-bond donors (Lipinski definition) is 1. The summed E-state index contributed by atoms with van der Waals surface area (Å²) in [7, 11) is 0. The minimum Gasteiger partial charge on any atom is -0.389 e. The molecule has 3 aromatic rings. The maximum absolute atomic E-state index is 13.6. The van der Waals surface area contributed by atoms with Gasteiger partial charge in [-0.2, -0.15) is 0 Å². The molecule has 1 aliphatic heterocycles. The minimum absolute atomic E-state index is 0.0183. The molecule has 26 heavy (non-hydrogen) atoms. The summed E-state index contributed by atoms with van der Waals surface area (Å²) in [6.45, 7) is 0.224. The van der Waals surface area contributed by atoms with Crippen LogP contribution in [0, 0.1) is 5.82 Å². The highest BCUT2D eigenvalue weighted by Gasteiger charge is 2.30. The van der Waals surface area contributed by atoms with Crippen LogP contribution in [-0.2, 0) is 11.3 Å². The lowest BCUT2D eigenvalue weighted by Gasteiger charge is -2.21. The van der Waals surface area contributed by atoms with Crippen molar-refractivity contribution in [1.29, 1.82) is 0 Å². The molecular formula is C21H18FNO3. The van der Waals surface area contributed by atoms with Crippen LogP contribution in [0.15, 0.2) is 60.7 Å². The molecule has 0 saturated carbocycles. The summed E-state index contributed by atoms with van der Waals surface area (Å²) in [6.07, 6.45) is -0.865. The Morgan fingerprint density at radius 1 is 1.04 bits per heavy atom. The Kier molecular flexibility index (Phi) is 4.41. The molecule has 0 aliphatic carbocycles. The minimum atomic E-state index is -0.865. The van der Waals surface area contributed by atoms with Crippen molar-refractivity contribution < 1.29 is 19.0 Å². The van der Waals surface area contributed by atoms with Crippen molar-refractivity contribution >= 4 is 22.4 Å². The lowest BCUT2D eigenvalue weighted by Crippen LogP contribution is -2.37. The number of hydrogen-bond acceptors (Lipinski definition) is 3. The van der Waals surface area contributed by atoms with Gasteiger partial charge in [-0.15, -0.1) is 0 Å². The van der Waals surface area contributed by atoms with Gasteiger partial charge in [0.05, 0.1) is 31.5 Å². The van der Waals surface area contributed by atoms with Gasteiger partial charge < -0.3 is 14.7 Å². The topological polar surface area (TPSA) is 49.8 Å². The number of halogens is 1. The molecule has 1 aliphatic rings. The van der Waals surface area contributed by atoms with Crippen LogP contribution >= 0.6 is 0 Å². The van der Waals surface area contributed by atoms with Gasteiger partial charge >= 0.3 is 0 Å². The molecule has 0 spiro atoms. The predicted octanol–water partition coefficient (Wildman–Crippen LogP) is 3.52. The Morgan fingerprint density at radius 2 is 1.81 bits per heavy atom. The van der Waals surface area contributed by atoms with Crippen LogP contribution in [0.25, 0.3) is 10.8 Å². The fourth-order valence-corrected chi connectivity index (χ4v) is 3.34. The van der Waals surface area contributed by atoms with Gasteiger partial charge in [0.2, 0.25) is 0 Å². The fourth-order valence-electron chi connectivity index (χ4n) is 3.34. The van der Waals surface area contributed by atoms with E-state index in [0.717, 1.165) is 16.5 Å². The van der Waals surface area contributed by atoms with Crippen molar-refractivity contribution in [2.75, 3.05) is 18.1 Å². The lowest BCUT2D eigenvalue weighted by atomic mass is 10.1. The molecule has 5 heteroatoms. The quantitative estimate of drug-likeness (QED) is 0.739. The number of ether oxygens (including phenoxy) is 1. The first-order valence-corrected chi connectivity index (χ1v) is 8.48. The van der Waals surface area contributed by atoms with E-state index in [1.165, 1.54) is 6.07 Å². The molecule has 4 nitrogen and oxygen atoms in total. The molecule has 1 atom stereocenters. The number of amides is 1. The summed E-state index contributed by atoms with van der Waals surface area (Å²) in [6, 6.07) is 17.7. The molecule has 1 unspecified atom stereocenters. The van der Waals surface area contributed by atoms with E-state index in [9.17, 15) is 14.3 Å². The largest absolute Gasteiger partial charge is 0.389 e. The highest BCUT2D eigenvalue weighted by Crippen LogP contribution is 2.37. The molecule has 0 fully saturated rings. The van der Waals surface area contributed by atoms with Crippen LogP contribution in [0.2, 0.25) is 0 Å². The Hall–Kier alpha value is -2.76. The highest BCUT2D eigenvalue weighted by molar-refractivity contribution is 6.25. The number of carbonyl (C=O) groups excluding carboxylic acids is 1. The Labute approximate surface area is 150 Å². The molecule has 0 saturated heterocycles. The number of aliphatic hydroxyl groups excluding tert-OH is 1. The summed E-state index contributed by atoms with van der Waals surface area (Å²) >= 11 is 0. The van der Waals surface area contributed by atoms with Gasteiger partial charge in [-0.25, -0.2) is 4.39 Å². The zero-order valence-electron chi connectivity index (χ0n) is 14.1. The van der Waals surface area contributed by atoms with E-state index in [2.05, 4.69) is 0 Å². The first-order valence-electron chi connectivity index (χ1n) is 8.48. The summed E-state index contributed by atoms with van der Waals surface area (Å²) in [5.74, 6) is -0.455. The van der Waals surface area contributed by atoms with Gasteiger partial charge in [0, 0.05) is 16.5 Å². The predicted molar refractivity (Wildman–Crippen MR) is 97.7 cm³/mol. The number of carbonyl (C=O) groups is 1. The van der Waals surface area contributed by atoms with E-state index in [0.29, 0.717) is 11.1 Å². The normalized spacial score (nSPS) is 14.2. The second-order valence-electron chi connectivity index (χ2n) is 6.36. The van der Waals surface area contributed by atoms with Crippen molar-refractivity contribution in [3.63, 3.8) is 0 Å². The van der Waals surface area contributed by atoms with E-state index in [1.54, 1.807) is 29.2 Å². The van der Waals surface area contributed by atoms with E-state index < -0.39 is 6.10 Å². The fraction of sp³-hybridized carbons (Fsp3) is 0.190. The number of anilines is 1. The summed E-state index contributed by atoms with van der Waals surface area (Å²) in [5, 5.41) is 12.2. The maximum Gasteiger partial charge on any atom is 0.259 e. The van der Waals surface area contributed by atoms with Crippen LogP contribution in [0.1, 0.15) is 15.9 Å². The van der Waals surface area contributed by atoms with Crippen LogP contribution in [-0.4, -0.2) is 30.3 Å². The monoisotopic (exact) mass is 351 g/mol. The average Bonchev–Trinajstić information content (AvgIpc) is 2.91. The maximum atomic E-state index is 13.6. The van der Waals surface area contributed by atoms with Crippen LogP contribution in [0.5, 0.6) is 0 Å². The highest BCUT2D eigenvalue weighted by atomic mass is 19.1. The third-order valence-corrected chi connectivity index (χ3v) is 4.57. The van der Waals surface area contributed by atoms with E-state index >= 15 is 0 Å². The van der Waals surface area contributed by atoms with Crippen LogP contribution in [0.3, 0.4) is 0 Å². The van der Waals surface area contributed by atoms with Crippen molar-refractivity contribution in [3.8, 4) is 0 Å². The van der Waals surface area contributed by atoms with Gasteiger partial charge in [-0.1, -0.05) is 42.5 Å². The van der Waals surface area contributed by atoms with E-state index in [4.69, 9.17) is 4.74 Å². The van der Waals surface area contributed by atoms with Crippen molar-refractivity contribution in [3.05, 3.63) is 77.6 Å². The standard InChI is InChI=1S/C21H18FNO3/c22-18-9-2-1-5-15(18)12-26-13-16(24)11-23-19-10-4-7-14-6-3-8-17(20(14)19)21(23)25/h1-10,16,24H,11-13H2. The molecule has 4 rings (SSSR count). The second-order valence-corrected chi connectivity index (χ2v) is 6.36. The smallest absolute Gasteiger partial charge is 0.259 e. The first kappa shape index (κ1) is 16.7. The summed E-state index contributed by atoms with van der Waals surface area (Å²) in [5.41, 5.74) is 1.89. The summed E-state index contributed by atoms with van der Waals surface area (Å²) in [4.78, 5) is 14.3. The number of benzene rings is 3. The number of aliphatic hydroxyl groups is 1. The van der Waals surface area contributed by atoms with E-state index in [-0.39, 0.29) is 31.5 Å². The molecule has 132 valence electrons.